The van der Waals surface area contributed by atoms with Crippen LogP contribution in [0, 0.1) is 30.9 Å². The molecule has 0 fully saturated rings. The summed E-state index contributed by atoms with van der Waals surface area (Å²) in [5.41, 5.74) is 5.87. The van der Waals surface area contributed by atoms with Crippen LogP contribution >= 0.6 is 0 Å². The fraction of sp³-hybridized carbons (Fsp3) is 0.160. The first kappa shape index (κ1) is 22.7. The van der Waals surface area contributed by atoms with Crippen LogP contribution in [-0.4, -0.2) is 32.2 Å². The van der Waals surface area contributed by atoms with E-state index in [1.54, 1.807) is 10.7 Å². The summed E-state index contributed by atoms with van der Waals surface area (Å²) in [7, 11) is 0. The molecule has 9 nitrogen and oxygen atoms in total. The molecule has 9 heteroatoms. The number of aryl methyl sites for hydroxylation is 3. The van der Waals surface area contributed by atoms with Gasteiger partial charge in [-0.1, -0.05) is 24.3 Å². The van der Waals surface area contributed by atoms with Gasteiger partial charge in [0, 0.05) is 11.6 Å². The maximum atomic E-state index is 12.7. The van der Waals surface area contributed by atoms with Crippen molar-refractivity contribution in [1.82, 2.24) is 14.8 Å². The lowest BCUT2D eigenvalue weighted by Crippen LogP contribution is -2.22. The second-order valence-corrected chi connectivity index (χ2v) is 7.83. The largest absolute Gasteiger partial charge is 0.476 e. The minimum atomic E-state index is -0.657. The van der Waals surface area contributed by atoms with Crippen molar-refractivity contribution >= 4 is 17.5 Å². The van der Waals surface area contributed by atoms with Crippen LogP contribution in [-0.2, 0) is 4.79 Å². The number of amides is 1. The lowest BCUT2D eigenvalue weighted by Gasteiger charge is -2.09. The number of hydrogen-bond acceptors (Lipinski definition) is 6. The van der Waals surface area contributed by atoms with E-state index in [9.17, 15) is 14.9 Å². The van der Waals surface area contributed by atoms with Crippen LogP contribution in [0.2, 0.25) is 0 Å². The predicted octanol–water partition coefficient (Wildman–Crippen LogP) is 4.79. The minimum Gasteiger partial charge on any atom is -0.476 e. The number of hydrogen-bond donors (Lipinski definition) is 1. The molecule has 2 aromatic carbocycles. The average Bonchev–Trinajstić information content (AvgIpc) is 3.24. The Morgan fingerprint density at radius 3 is 2.50 bits per heavy atom. The fourth-order valence-electron chi connectivity index (χ4n) is 3.56. The molecule has 2 aromatic heterocycles. The molecule has 0 aliphatic carbocycles. The van der Waals surface area contributed by atoms with Gasteiger partial charge in [-0.15, -0.1) is 0 Å². The molecule has 0 aliphatic rings. The lowest BCUT2D eigenvalue weighted by molar-refractivity contribution is -0.390. The number of carbonyl (C=O) groups excluding carboxylic acids is 1. The van der Waals surface area contributed by atoms with Gasteiger partial charge in [0.25, 0.3) is 5.91 Å². The Balaban J connectivity index is 1.63. The molecular weight excluding hydrogens is 434 g/mol. The first-order chi connectivity index (χ1) is 16.3. The van der Waals surface area contributed by atoms with E-state index >= 15 is 0 Å². The molecule has 1 amide bonds. The maximum absolute atomic E-state index is 12.7. The number of nitrogens with zero attached hydrogens (tertiary/aromatic N) is 4. The van der Waals surface area contributed by atoms with E-state index in [0.29, 0.717) is 11.5 Å². The van der Waals surface area contributed by atoms with Crippen LogP contribution in [0.3, 0.4) is 0 Å². The third kappa shape index (κ3) is 4.78. The highest BCUT2D eigenvalue weighted by atomic mass is 16.6. The van der Waals surface area contributed by atoms with Crippen molar-refractivity contribution in [3.05, 3.63) is 93.7 Å². The monoisotopic (exact) mass is 457 g/mol. The van der Waals surface area contributed by atoms with Gasteiger partial charge in [0.05, 0.1) is 11.4 Å². The Morgan fingerprint density at radius 2 is 1.76 bits per heavy atom. The second-order valence-electron chi connectivity index (χ2n) is 7.83. The number of anilines is 1. The summed E-state index contributed by atoms with van der Waals surface area (Å²) < 4.78 is 7.02. The summed E-state index contributed by atoms with van der Waals surface area (Å²) in [6.07, 6.45) is 1.29. The lowest BCUT2D eigenvalue weighted by atomic mass is 9.99. The van der Waals surface area contributed by atoms with E-state index in [4.69, 9.17) is 9.84 Å². The molecule has 172 valence electrons. The summed E-state index contributed by atoms with van der Waals surface area (Å²) in [4.78, 5) is 26.8. The molecule has 0 saturated carbocycles. The minimum absolute atomic E-state index is 0.0781. The van der Waals surface area contributed by atoms with Crippen molar-refractivity contribution in [3.63, 3.8) is 0 Å². The van der Waals surface area contributed by atoms with Gasteiger partial charge in [-0.3, -0.25) is 4.79 Å². The van der Waals surface area contributed by atoms with Gasteiger partial charge in [-0.2, -0.15) is 5.10 Å². The van der Waals surface area contributed by atoms with Crippen LogP contribution in [0.5, 0.6) is 5.75 Å². The molecular formula is C25H23N5O4. The van der Waals surface area contributed by atoms with E-state index in [-0.39, 0.29) is 5.75 Å². The zero-order valence-electron chi connectivity index (χ0n) is 19.0. The third-order valence-corrected chi connectivity index (χ3v) is 5.38. The third-order valence-electron chi connectivity index (χ3n) is 5.38. The Kier molecular flexibility index (Phi) is 6.35. The highest BCUT2D eigenvalue weighted by molar-refractivity contribution is 5.92. The summed E-state index contributed by atoms with van der Waals surface area (Å²) in [5, 5.41) is 18.7. The van der Waals surface area contributed by atoms with E-state index in [0.717, 1.165) is 22.4 Å². The standard InChI is InChI=1S/C25H23N5O4/c1-16-12-18(3)20(13-17(16)2)21-14-23(29(28-21)19-8-5-4-6-9-19)27-24(31)15-34-22-10-7-11-26-25(22)30(32)33/h4-14H,15H2,1-3H3,(H,27,31). The number of rotatable bonds is 7. The number of pyridine rings is 1. The Bertz CT molecular complexity index is 1370. The number of carbonyl (C=O) groups is 1. The molecule has 4 rings (SSSR count). The van der Waals surface area contributed by atoms with E-state index in [1.807, 2.05) is 44.2 Å². The smallest absolute Gasteiger partial charge is 0.406 e. The normalized spacial score (nSPS) is 10.7. The first-order valence-electron chi connectivity index (χ1n) is 10.6. The van der Waals surface area contributed by atoms with Crippen molar-refractivity contribution in [3.8, 4) is 22.7 Å². The summed E-state index contributed by atoms with van der Waals surface area (Å²) in [6, 6.07) is 18.3. The van der Waals surface area contributed by atoms with E-state index in [2.05, 4.69) is 29.4 Å². The van der Waals surface area contributed by atoms with Gasteiger partial charge in [-0.25, -0.2) is 4.68 Å². The van der Waals surface area contributed by atoms with Crippen molar-refractivity contribution in [2.75, 3.05) is 11.9 Å². The molecule has 4 aromatic rings. The number of aromatic nitrogens is 3. The van der Waals surface area contributed by atoms with Gasteiger partial charge in [-0.05, 0) is 77.7 Å². The number of ether oxygens (including phenoxy) is 1. The maximum Gasteiger partial charge on any atom is 0.406 e. The van der Waals surface area contributed by atoms with Gasteiger partial charge in [0.2, 0.25) is 5.75 Å². The second kappa shape index (κ2) is 9.53. The summed E-state index contributed by atoms with van der Waals surface area (Å²) in [5.74, 6) is -0.561. The van der Waals surface area contributed by atoms with Gasteiger partial charge in [0.15, 0.2) is 6.61 Å². The molecule has 0 aliphatic heterocycles. The number of nitro groups is 1. The SMILES string of the molecule is Cc1cc(C)c(-c2cc(NC(=O)COc3cccnc3[N+](=O)[O-])n(-c3ccccc3)n2)cc1C. The molecule has 34 heavy (non-hydrogen) atoms. The molecule has 0 radical (unpaired) electrons. The van der Waals surface area contributed by atoms with Crippen LogP contribution in [0.4, 0.5) is 11.6 Å². The van der Waals surface area contributed by atoms with Gasteiger partial charge < -0.3 is 20.2 Å². The molecule has 0 bridgehead atoms. The van der Waals surface area contributed by atoms with Crippen molar-refractivity contribution in [2.45, 2.75) is 20.8 Å². The highest BCUT2D eigenvalue weighted by Gasteiger charge is 2.19. The zero-order chi connectivity index (χ0) is 24.2. The van der Waals surface area contributed by atoms with E-state index < -0.39 is 23.3 Å². The number of benzene rings is 2. The van der Waals surface area contributed by atoms with Gasteiger partial charge >= 0.3 is 5.82 Å². The molecule has 2 heterocycles. The molecule has 1 N–H and O–H groups in total. The Morgan fingerprint density at radius 1 is 1.03 bits per heavy atom. The molecule has 0 saturated heterocycles. The van der Waals surface area contributed by atoms with Crippen LogP contribution in [0.1, 0.15) is 16.7 Å². The molecule has 0 spiro atoms. The average molecular weight is 457 g/mol. The van der Waals surface area contributed by atoms with Gasteiger partial charge in [0.1, 0.15) is 12.0 Å². The Labute approximate surface area is 196 Å². The van der Waals surface area contributed by atoms with E-state index in [1.165, 1.54) is 23.9 Å². The van der Waals surface area contributed by atoms with Crippen LogP contribution in [0.15, 0.2) is 66.9 Å². The summed E-state index contributed by atoms with van der Waals surface area (Å²) >= 11 is 0. The number of nitrogens with one attached hydrogen (secondary N) is 1. The number of para-hydroxylation sites is 1. The van der Waals surface area contributed by atoms with Crippen molar-refractivity contribution < 1.29 is 14.5 Å². The molecule has 0 atom stereocenters. The fourth-order valence-corrected chi connectivity index (χ4v) is 3.56. The first-order valence-corrected chi connectivity index (χ1v) is 10.6. The predicted molar refractivity (Wildman–Crippen MR) is 128 cm³/mol. The van der Waals surface area contributed by atoms with Crippen molar-refractivity contribution in [2.24, 2.45) is 0 Å². The molecule has 0 unspecified atom stereocenters. The topological polar surface area (TPSA) is 112 Å². The summed E-state index contributed by atoms with van der Waals surface area (Å²) in [6.45, 7) is 5.71. The van der Waals surface area contributed by atoms with Crippen molar-refractivity contribution in [1.29, 1.82) is 0 Å². The van der Waals surface area contributed by atoms with Crippen LogP contribution < -0.4 is 10.1 Å². The quantitative estimate of drug-likeness (QED) is 0.316. The highest BCUT2D eigenvalue weighted by Crippen LogP contribution is 2.29. The Hall–Kier alpha value is -4.53. The van der Waals surface area contributed by atoms with Crippen LogP contribution in [0.25, 0.3) is 16.9 Å². The zero-order valence-corrected chi connectivity index (χ0v) is 19.0.